The van der Waals surface area contributed by atoms with Gasteiger partial charge in [0.1, 0.15) is 5.75 Å². The summed E-state index contributed by atoms with van der Waals surface area (Å²) in [5, 5.41) is 0. The summed E-state index contributed by atoms with van der Waals surface area (Å²) in [6.07, 6.45) is 1.90. The van der Waals surface area contributed by atoms with Gasteiger partial charge in [-0.15, -0.1) is 0 Å². The fraction of sp³-hybridized carbons (Fsp3) is 0.0952. The highest BCUT2D eigenvalue weighted by molar-refractivity contribution is 5.75. The number of benzene rings is 3. The van der Waals surface area contributed by atoms with Crippen molar-refractivity contribution in [3.63, 3.8) is 0 Å². The van der Waals surface area contributed by atoms with E-state index in [0.29, 0.717) is 0 Å². The van der Waals surface area contributed by atoms with Crippen molar-refractivity contribution in [2.75, 3.05) is 7.11 Å². The van der Waals surface area contributed by atoms with E-state index in [9.17, 15) is 0 Å². The van der Waals surface area contributed by atoms with E-state index in [1.165, 1.54) is 11.1 Å². The fourth-order valence-electron chi connectivity index (χ4n) is 2.94. The molecule has 3 nitrogen and oxygen atoms in total. The largest absolute Gasteiger partial charge is 0.497 e. The van der Waals surface area contributed by atoms with Crippen molar-refractivity contribution in [2.24, 2.45) is 0 Å². The lowest BCUT2D eigenvalue weighted by Gasteiger charge is -2.08. The molecule has 4 rings (SSSR count). The van der Waals surface area contributed by atoms with Gasteiger partial charge in [-0.1, -0.05) is 48.5 Å². The Morgan fingerprint density at radius 2 is 1.71 bits per heavy atom. The zero-order valence-corrected chi connectivity index (χ0v) is 13.5. The molecule has 0 aliphatic heterocycles. The van der Waals surface area contributed by atoms with E-state index in [2.05, 4.69) is 52.0 Å². The third kappa shape index (κ3) is 2.76. The Labute approximate surface area is 141 Å². The van der Waals surface area contributed by atoms with E-state index in [1.807, 2.05) is 36.7 Å². The van der Waals surface area contributed by atoms with E-state index in [1.54, 1.807) is 7.11 Å². The molecule has 0 bridgehead atoms. The fourth-order valence-corrected chi connectivity index (χ4v) is 2.94. The summed E-state index contributed by atoms with van der Waals surface area (Å²) in [6, 6.07) is 25.0. The molecule has 3 aromatic carbocycles. The summed E-state index contributed by atoms with van der Waals surface area (Å²) >= 11 is 0. The molecule has 0 atom stereocenters. The first-order chi connectivity index (χ1) is 11.8. The first-order valence-corrected chi connectivity index (χ1v) is 7.97. The van der Waals surface area contributed by atoms with Crippen LogP contribution in [0.5, 0.6) is 5.75 Å². The van der Waals surface area contributed by atoms with Gasteiger partial charge < -0.3 is 9.30 Å². The first kappa shape index (κ1) is 14.5. The summed E-state index contributed by atoms with van der Waals surface area (Å²) in [7, 11) is 1.69. The van der Waals surface area contributed by atoms with E-state index in [0.717, 1.165) is 28.9 Å². The van der Waals surface area contributed by atoms with Crippen LogP contribution in [0.25, 0.3) is 22.2 Å². The Bertz CT molecular complexity index is 970. The highest BCUT2D eigenvalue weighted by Crippen LogP contribution is 2.24. The molecule has 3 heteroatoms. The molecule has 1 aromatic heterocycles. The first-order valence-electron chi connectivity index (χ1n) is 7.97. The lowest BCUT2D eigenvalue weighted by atomic mass is 10.0. The van der Waals surface area contributed by atoms with Gasteiger partial charge >= 0.3 is 0 Å². The Balaban J connectivity index is 1.59. The molecule has 0 amide bonds. The molecule has 1 heterocycles. The van der Waals surface area contributed by atoms with Gasteiger partial charge in [-0.05, 0) is 41.0 Å². The minimum Gasteiger partial charge on any atom is -0.497 e. The van der Waals surface area contributed by atoms with Crippen molar-refractivity contribution in [2.45, 2.75) is 6.54 Å². The number of rotatable bonds is 4. The van der Waals surface area contributed by atoms with E-state index < -0.39 is 0 Å². The molecule has 0 fully saturated rings. The number of aromatic nitrogens is 2. The molecule has 118 valence electrons. The van der Waals surface area contributed by atoms with Gasteiger partial charge in [0.05, 0.1) is 24.5 Å². The van der Waals surface area contributed by atoms with Gasteiger partial charge in [0.15, 0.2) is 0 Å². The lowest BCUT2D eigenvalue weighted by Crippen LogP contribution is -1.97. The van der Waals surface area contributed by atoms with E-state index in [4.69, 9.17) is 4.74 Å². The zero-order chi connectivity index (χ0) is 16.4. The maximum absolute atomic E-state index is 5.30. The van der Waals surface area contributed by atoms with Crippen molar-refractivity contribution in [3.05, 3.63) is 84.7 Å². The Morgan fingerprint density at radius 3 is 2.54 bits per heavy atom. The summed E-state index contributed by atoms with van der Waals surface area (Å²) in [5.41, 5.74) is 5.80. The second-order valence-electron chi connectivity index (χ2n) is 5.79. The topological polar surface area (TPSA) is 27.1 Å². The highest BCUT2D eigenvalue weighted by Gasteiger charge is 2.04. The summed E-state index contributed by atoms with van der Waals surface area (Å²) in [4.78, 5) is 4.45. The molecule has 0 saturated carbocycles. The van der Waals surface area contributed by atoms with Gasteiger partial charge in [-0.25, -0.2) is 4.98 Å². The van der Waals surface area contributed by atoms with Gasteiger partial charge in [0, 0.05) is 6.54 Å². The second-order valence-corrected chi connectivity index (χ2v) is 5.79. The van der Waals surface area contributed by atoms with Crippen LogP contribution in [-0.2, 0) is 6.54 Å². The second kappa shape index (κ2) is 6.20. The molecule has 4 aromatic rings. The Hall–Kier alpha value is -3.07. The average Bonchev–Trinajstić information content (AvgIpc) is 3.05. The third-order valence-electron chi connectivity index (χ3n) is 4.24. The molecule has 0 aliphatic carbocycles. The minimum atomic E-state index is 0.818. The molecule has 0 spiro atoms. The maximum Gasteiger partial charge on any atom is 0.119 e. The minimum absolute atomic E-state index is 0.818. The SMILES string of the molecule is COc1cccc(-c2ccc(Cn3cnc4ccccc43)cc2)c1. The standard InChI is InChI=1S/C21H18N2O/c1-24-19-6-4-5-18(13-19)17-11-9-16(10-12-17)14-23-15-22-20-7-2-3-8-21(20)23/h2-13,15H,14H2,1H3. The van der Waals surface area contributed by atoms with Crippen LogP contribution in [0.1, 0.15) is 5.56 Å². The van der Waals surface area contributed by atoms with Crippen molar-refractivity contribution >= 4 is 11.0 Å². The molecule has 24 heavy (non-hydrogen) atoms. The molecule has 0 N–H and O–H groups in total. The molecule has 0 unspecified atom stereocenters. The summed E-state index contributed by atoms with van der Waals surface area (Å²) in [5.74, 6) is 0.876. The predicted molar refractivity (Wildman–Crippen MR) is 97.3 cm³/mol. The van der Waals surface area contributed by atoms with Gasteiger partial charge in [-0.3, -0.25) is 0 Å². The number of para-hydroxylation sites is 2. The molecular weight excluding hydrogens is 296 g/mol. The van der Waals surface area contributed by atoms with E-state index >= 15 is 0 Å². The van der Waals surface area contributed by atoms with Crippen molar-refractivity contribution in [3.8, 4) is 16.9 Å². The third-order valence-corrected chi connectivity index (χ3v) is 4.24. The van der Waals surface area contributed by atoms with Gasteiger partial charge in [-0.2, -0.15) is 0 Å². The van der Waals surface area contributed by atoms with Gasteiger partial charge in [0.25, 0.3) is 0 Å². The van der Waals surface area contributed by atoms with Crippen LogP contribution in [0.3, 0.4) is 0 Å². The van der Waals surface area contributed by atoms with Crippen molar-refractivity contribution < 1.29 is 4.74 Å². The number of ether oxygens (including phenoxy) is 1. The molecule has 0 radical (unpaired) electrons. The number of imidazole rings is 1. The number of hydrogen-bond acceptors (Lipinski definition) is 2. The number of methoxy groups -OCH3 is 1. The summed E-state index contributed by atoms with van der Waals surface area (Å²) in [6.45, 7) is 0.818. The Morgan fingerprint density at radius 1 is 0.875 bits per heavy atom. The molecular formula is C21H18N2O. The van der Waals surface area contributed by atoms with Crippen LogP contribution < -0.4 is 4.74 Å². The summed E-state index contributed by atoms with van der Waals surface area (Å²) < 4.78 is 7.48. The zero-order valence-electron chi connectivity index (χ0n) is 13.5. The maximum atomic E-state index is 5.30. The quantitative estimate of drug-likeness (QED) is 0.543. The predicted octanol–water partition coefficient (Wildman–Crippen LogP) is 4.76. The molecule has 0 saturated heterocycles. The van der Waals surface area contributed by atoms with Crippen LogP contribution in [0.15, 0.2) is 79.1 Å². The van der Waals surface area contributed by atoms with Crippen molar-refractivity contribution in [1.29, 1.82) is 0 Å². The number of fused-ring (bicyclic) bond motifs is 1. The van der Waals surface area contributed by atoms with Crippen LogP contribution in [0.4, 0.5) is 0 Å². The average molecular weight is 314 g/mol. The lowest BCUT2D eigenvalue weighted by molar-refractivity contribution is 0.415. The number of nitrogens with zero attached hydrogens (tertiary/aromatic N) is 2. The van der Waals surface area contributed by atoms with Gasteiger partial charge in [0.2, 0.25) is 0 Å². The van der Waals surface area contributed by atoms with Crippen LogP contribution in [-0.4, -0.2) is 16.7 Å². The Kier molecular flexibility index (Phi) is 3.75. The normalized spacial score (nSPS) is 10.9. The smallest absolute Gasteiger partial charge is 0.119 e. The van der Waals surface area contributed by atoms with Crippen molar-refractivity contribution in [1.82, 2.24) is 9.55 Å². The molecule has 0 aliphatic rings. The van der Waals surface area contributed by atoms with Crippen LogP contribution in [0, 0.1) is 0 Å². The van der Waals surface area contributed by atoms with E-state index in [-0.39, 0.29) is 0 Å². The monoisotopic (exact) mass is 314 g/mol. The van der Waals surface area contributed by atoms with Crippen LogP contribution in [0.2, 0.25) is 0 Å². The highest BCUT2D eigenvalue weighted by atomic mass is 16.5. The van der Waals surface area contributed by atoms with Crippen LogP contribution >= 0.6 is 0 Å². The number of hydrogen-bond donors (Lipinski definition) is 0.